The highest BCUT2D eigenvalue weighted by Gasteiger charge is 2.26. The lowest BCUT2D eigenvalue weighted by molar-refractivity contribution is 0.260. The van der Waals surface area contributed by atoms with Crippen LogP contribution in [0.1, 0.15) is 11.8 Å². The van der Waals surface area contributed by atoms with E-state index in [0.29, 0.717) is 0 Å². The number of hydrogen-bond acceptors (Lipinski definition) is 3. The number of rotatable bonds is 6. The molecule has 8 aromatic rings. The molecule has 1 N–H and O–H groups in total. The quantitative estimate of drug-likeness (QED) is 0.188. The van der Waals surface area contributed by atoms with E-state index >= 15 is 0 Å². The van der Waals surface area contributed by atoms with Crippen LogP contribution in [-0.2, 0) is 0 Å². The summed E-state index contributed by atoms with van der Waals surface area (Å²) in [6.45, 7) is 0. The zero-order valence-electron chi connectivity index (χ0n) is 26.3. The molecule has 1 atom stereocenters. The van der Waals surface area contributed by atoms with Crippen molar-refractivity contribution in [3.8, 4) is 28.0 Å². The number of anilines is 4. The van der Waals surface area contributed by atoms with Crippen LogP contribution in [0, 0.1) is 0 Å². The number of hydrogen-bond donors (Lipinski definition) is 1. The summed E-state index contributed by atoms with van der Waals surface area (Å²) in [7, 11) is 0. The summed E-state index contributed by atoms with van der Waals surface area (Å²) < 4.78 is 6.44. The van der Waals surface area contributed by atoms with Crippen molar-refractivity contribution in [2.45, 2.75) is 6.23 Å². The van der Waals surface area contributed by atoms with E-state index in [-0.39, 0.29) is 6.23 Å². The van der Waals surface area contributed by atoms with Crippen molar-refractivity contribution < 1.29 is 4.74 Å². The van der Waals surface area contributed by atoms with Crippen LogP contribution in [0.4, 0.5) is 22.7 Å². The van der Waals surface area contributed by atoms with Gasteiger partial charge in [0, 0.05) is 28.0 Å². The maximum atomic E-state index is 6.44. The van der Waals surface area contributed by atoms with Gasteiger partial charge in [-0.25, -0.2) is 0 Å². The molecule has 0 bridgehead atoms. The average Bonchev–Trinajstić information content (AvgIpc) is 3.61. The summed E-state index contributed by atoms with van der Waals surface area (Å²) >= 11 is 0. The Hall–Kier alpha value is -6.32. The predicted octanol–water partition coefficient (Wildman–Crippen LogP) is 12.3. The second-order valence-corrected chi connectivity index (χ2v) is 12.2. The van der Waals surface area contributed by atoms with E-state index in [4.69, 9.17) is 4.74 Å². The van der Waals surface area contributed by atoms with Crippen LogP contribution in [0.3, 0.4) is 0 Å². The molecule has 48 heavy (non-hydrogen) atoms. The fraction of sp³-hybridized carbons (Fsp3) is 0.0222. The number of benzene rings is 8. The largest absolute Gasteiger partial charge is 0.464 e. The lowest BCUT2D eigenvalue weighted by Gasteiger charge is -2.26. The van der Waals surface area contributed by atoms with Gasteiger partial charge in [-0.05, 0) is 80.9 Å². The molecule has 0 amide bonds. The molecule has 0 spiro atoms. The van der Waals surface area contributed by atoms with Gasteiger partial charge in [0.15, 0.2) is 6.23 Å². The standard InChI is InChI=1S/C45H32N2O/c1-4-10-31(11-5-1)33-18-24-38(25-19-33)47(39-26-20-34(21-27-39)32-12-6-2-7-13-32)40-28-22-35-16-17-36-23-29-42-44(43(36)41(35)30-40)46-45(48-42)37-14-8-3-9-15-37/h1-30,45-46H. The molecular formula is C45H32N2O. The van der Waals surface area contributed by atoms with Crippen molar-refractivity contribution in [3.63, 3.8) is 0 Å². The van der Waals surface area contributed by atoms with E-state index in [1.165, 1.54) is 43.8 Å². The van der Waals surface area contributed by atoms with E-state index in [9.17, 15) is 0 Å². The predicted molar refractivity (Wildman–Crippen MR) is 200 cm³/mol. The van der Waals surface area contributed by atoms with E-state index in [2.05, 4.69) is 186 Å². The molecule has 0 fully saturated rings. The Morgan fingerprint density at radius 3 is 1.52 bits per heavy atom. The molecular weight excluding hydrogens is 585 g/mol. The van der Waals surface area contributed by atoms with Gasteiger partial charge < -0.3 is 15.0 Å². The third kappa shape index (κ3) is 5.03. The number of nitrogens with zero attached hydrogens (tertiary/aromatic N) is 1. The van der Waals surface area contributed by atoms with E-state index in [1.54, 1.807) is 0 Å². The van der Waals surface area contributed by atoms with Crippen LogP contribution in [0.15, 0.2) is 182 Å². The molecule has 1 heterocycles. The first-order valence-electron chi connectivity index (χ1n) is 16.4. The lowest BCUT2D eigenvalue weighted by atomic mass is 9.98. The van der Waals surface area contributed by atoms with Gasteiger partial charge in [0.25, 0.3) is 0 Å². The molecule has 8 aromatic carbocycles. The highest BCUT2D eigenvalue weighted by Crippen LogP contribution is 2.46. The Morgan fingerprint density at radius 1 is 0.438 bits per heavy atom. The maximum Gasteiger partial charge on any atom is 0.196 e. The first-order valence-corrected chi connectivity index (χ1v) is 16.4. The van der Waals surface area contributed by atoms with E-state index < -0.39 is 0 Å². The summed E-state index contributed by atoms with van der Waals surface area (Å²) in [6.07, 6.45) is -0.229. The molecule has 1 unspecified atom stereocenters. The normalized spacial score (nSPS) is 13.5. The third-order valence-electron chi connectivity index (χ3n) is 9.29. The van der Waals surface area contributed by atoms with Crippen LogP contribution in [0.25, 0.3) is 43.8 Å². The van der Waals surface area contributed by atoms with Crippen molar-refractivity contribution in [2.75, 3.05) is 10.2 Å². The van der Waals surface area contributed by atoms with Gasteiger partial charge in [0.05, 0.1) is 5.69 Å². The molecule has 3 heteroatoms. The summed E-state index contributed by atoms with van der Waals surface area (Å²) in [4.78, 5) is 2.35. The van der Waals surface area contributed by atoms with Crippen molar-refractivity contribution in [1.29, 1.82) is 0 Å². The average molecular weight is 617 g/mol. The molecule has 3 nitrogen and oxygen atoms in total. The van der Waals surface area contributed by atoms with Gasteiger partial charge >= 0.3 is 0 Å². The fourth-order valence-corrected chi connectivity index (χ4v) is 6.88. The van der Waals surface area contributed by atoms with Crippen molar-refractivity contribution in [2.24, 2.45) is 0 Å². The van der Waals surface area contributed by atoms with Gasteiger partial charge in [0.1, 0.15) is 5.75 Å². The van der Waals surface area contributed by atoms with Gasteiger partial charge in [-0.3, -0.25) is 0 Å². The minimum atomic E-state index is -0.229. The Bertz CT molecular complexity index is 2290. The zero-order chi connectivity index (χ0) is 31.9. The minimum Gasteiger partial charge on any atom is -0.464 e. The van der Waals surface area contributed by atoms with Crippen LogP contribution < -0.4 is 15.0 Å². The molecule has 1 aliphatic heterocycles. The Morgan fingerprint density at radius 2 is 0.917 bits per heavy atom. The van der Waals surface area contributed by atoms with E-state index in [1.807, 2.05) is 6.07 Å². The van der Waals surface area contributed by atoms with Gasteiger partial charge in [-0.15, -0.1) is 0 Å². The number of nitrogens with one attached hydrogen (secondary N) is 1. The van der Waals surface area contributed by atoms with Crippen LogP contribution >= 0.6 is 0 Å². The second-order valence-electron chi connectivity index (χ2n) is 12.2. The molecule has 228 valence electrons. The fourth-order valence-electron chi connectivity index (χ4n) is 6.88. The van der Waals surface area contributed by atoms with Gasteiger partial charge in [-0.2, -0.15) is 0 Å². The molecule has 0 saturated heterocycles. The molecule has 9 rings (SSSR count). The monoisotopic (exact) mass is 616 g/mol. The summed E-state index contributed by atoms with van der Waals surface area (Å²) in [5.74, 6) is 0.874. The summed E-state index contributed by atoms with van der Waals surface area (Å²) in [6, 6.07) is 64.6. The number of fused-ring (bicyclic) bond motifs is 5. The molecule has 0 saturated carbocycles. The Balaban J connectivity index is 1.18. The smallest absolute Gasteiger partial charge is 0.196 e. The Labute approximate surface area is 280 Å². The highest BCUT2D eigenvalue weighted by molar-refractivity contribution is 6.16. The highest BCUT2D eigenvalue weighted by atomic mass is 16.5. The van der Waals surface area contributed by atoms with Crippen LogP contribution in [0.2, 0.25) is 0 Å². The lowest BCUT2D eigenvalue weighted by Crippen LogP contribution is -2.10. The summed E-state index contributed by atoms with van der Waals surface area (Å²) in [5, 5.41) is 8.41. The third-order valence-corrected chi connectivity index (χ3v) is 9.29. The van der Waals surface area contributed by atoms with Crippen LogP contribution in [0.5, 0.6) is 5.75 Å². The molecule has 0 radical (unpaired) electrons. The molecule has 0 aromatic heterocycles. The maximum absolute atomic E-state index is 6.44. The molecule has 0 aliphatic carbocycles. The first kappa shape index (κ1) is 27.9. The Kier molecular flexibility index (Phi) is 6.87. The van der Waals surface area contributed by atoms with Crippen molar-refractivity contribution in [1.82, 2.24) is 0 Å². The van der Waals surface area contributed by atoms with Crippen molar-refractivity contribution in [3.05, 3.63) is 188 Å². The van der Waals surface area contributed by atoms with Gasteiger partial charge in [0.2, 0.25) is 0 Å². The molecule has 1 aliphatic rings. The number of ether oxygens (including phenoxy) is 1. The second kappa shape index (κ2) is 11.8. The topological polar surface area (TPSA) is 24.5 Å². The minimum absolute atomic E-state index is 0.229. The van der Waals surface area contributed by atoms with Gasteiger partial charge in [-0.1, -0.05) is 140 Å². The van der Waals surface area contributed by atoms with Crippen LogP contribution in [-0.4, -0.2) is 0 Å². The zero-order valence-corrected chi connectivity index (χ0v) is 26.3. The SMILES string of the molecule is c1ccc(-c2ccc(N(c3ccc(-c4ccccc4)cc3)c3ccc4ccc5ccc6c(c5c4c3)NC(c3ccccc3)O6)cc2)cc1. The summed E-state index contributed by atoms with van der Waals surface area (Å²) in [5.41, 5.74) is 10.2. The first-order chi connectivity index (χ1) is 23.8. The van der Waals surface area contributed by atoms with Crippen molar-refractivity contribution >= 4 is 44.3 Å². The van der Waals surface area contributed by atoms with E-state index in [0.717, 1.165) is 34.1 Å².